The summed E-state index contributed by atoms with van der Waals surface area (Å²) in [6, 6.07) is 14.2. The first-order valence-electron chi connectivity index (χ1n) is 5.53. The zero-order chi connectivity index (χ0) is 12.3. The third-order valence-electron chi connectivity index (χ3n) is 2.81. The molecule has 0 N–H and O–H groups in total. The maximum atomic E-state index is 5.83. The lowest BCUT2D eigenvalue weighted by Crippen LogP contribution is -2.11. The SMILES string of the molecule is Cc1nc(N(C)c2ccccc2)ccc1CCl. The molecule has 1 aromatic heterocycles. The Morgan fingerprint density at radius 1 is 1.12 bits per heavy atom. The van der Waals surface area contributed by atoms with Crippen molar-refractivity contribution >= 4 is 23.1 Å². The number of para-hydroxylation sites is 1. The smallest absolute Gasteiger partial charge is 0.132 e. The Hall–Kier alpha value is -1.54. The van der Waals surface area contributed by atoms with Crippen LogP contribution in [0.15, 0.2) is 42.5 Å². The standard InChI is InChI=1S/C14H15ClN2/c1-11-12(10-15)8-9-14(16-11)17(2)13-6-4-3-5-7-13/h3-9H,10H2,1-2H3. The van der Waals surface area contributed by atoms with Crippen molar-refractivity contribution in [3.63, 3.8) is 0 Å². The fraction of sp³-hybridized carbons (Fsp3) is 0.214. The van der Waals surface area contributed by atoms with Crippen LogP contribution < -0.4 is 4.90 Å². The van der Waals surface area contributed by atoms with E-state index in [4.69, 9.17) is 11.6 Å². The van der Waals surface area contributed by atoms with Crippen LogP contribution in [0.5, 0.6) is 0 Å². The number of hydrogen-bond acceptors (Lipinski definition) is 2. The molecule has 0 radical (unpaired) electrons. The topological polar surface area (TPSA) is 16.1 Å². The van der Waals surface area contributed by atoms with E-state index in [1.54, 1.807) is 0 Å². The lowest BCUT2D eigenvalue weighted by molar-refractivity contribution is 1.07. The highest BCUT2D eigenvalue weighted by atomic mass is 35.5. The Kier molecular flexibility index (Phi) is 3.64. The van der Waals surface area contributed by atoms with Crippen molar-refractivity contribution in [3.05, 3.63) is 53.7 Å². The number of benzene rings is 1. The number of nitrogens with zero attached hydrogens (tertiary/aromatic N) is 2. The number of rotatable bonds is 3. The summed E-state index contributed by atoms with van der Waals surface area (Å²) in [4.78, 5) is 6.62. The lowest BCUT2D eigenvalue weighted by atomic mass is 10.2. The van der Waals surface area contributed by atoms with Crippen LogP contribution >= 0.6 is 11.6 Å². The van der Waals surface area contributed by atoms with Gasteiger partial charge in [-0.25, -0.2) is 4.98 Å². The Morgan fingerprint density at radius 3 is 2.41 bits per heavy atom. The van der Waals surface area contributed by atoms with E-state index in [-0.39, 0.29) is 0 Å². The van der Waals surface area contributed by atoms with E-state index in [1.807, 2.05) is 44.3 Å². The Morgan fingerprint density at radius 2 is 1.82 bits per heavy atom. The van der Waals surface area contributed by atoms with Crippen LogP contribution in [0, 0.1) is 6.92 Å². The number of hydrogen-bond donors (Lipinski definition) is 0. The van der Waals surface area contributed by atoms with Crippen molar-refractivity contribution in [2.24, 2.45) is 0 Å². The molecule has 88 valence electrons. The molecule has 3 heteroatoms. The molecule has 0 saturated carbocycles. The fourth-order valence-electron chi connectivity index (χ4n) is 1.69. The van der Waals surface area contributed by atoms with Crippen molar-refractivity contribution in [3.8, 4) is 0 Å². The van der Waals surface area contributed by atoms with Crippen LogP contribution in [0.2, 0.25) is 0 Å². The average molecular weight is 247 g/mol. The fourth-order valence-corrected chi connectivity index (χ4v) is 1.97. The van der Waals surface area contributed by atoms with Gasteiger partial charge < -0.3 is 4.90 Å². The van der Waals surface area contributed by atoms with Gasteiger partial charge in [0.15, 0.2) is 0 Å². The Balaban J connectivity index is 2.32. The summed E-state index contributed by atoms with van der Waals surface area (Å²) in [5, 5.41) is 0. The van der Waals surface area contributed by atoms with Crippen molar-refractivity contribution in [1.29, 1.82) is 0 Å². The van der Waals surface area contributed by atoms with Gasteiger partial charge in [0, 0.05) is 24.3 Å². The van der Waals surface area contributed by atoms with Gasteiger partial charge in [-0.2, -0.15) is 0 Å². The lowest BCUT2D eigenvalue weighted by Gasteiger charge is -2.19. The number of anilines is 2. The van der Waals surface area contributed by atoms with Crippen LogP contribution in [0.25, 0.3) is 0 Å². The van der Waals surface area contributed by atoms with E-state index in [9.17, 15) is 0 Å². The Labute approximate surface area is 107 Å². The van der Waals surface area contributed by atoms with Gasteiger partial charge in [-0.3, -0.25) is 0 Å². The molecule has 17 heavy (non-hydrogen) atoms. The first-order chi connectivity index (χ1) is 8.22. The minimum absolute atomic E-state index is 0.508. The summed E-state index contributed by atoms with van der Waals surface area (Å²) in [6.07, 6.45) is 0. The van der Waals surface area contributed by atoms with Crippen LogP contribution in [0.1, 0.15) is 11.3 Å². The molecule has 0 unspecified atom stereocenters. The van der Waals surface area contributed by atoms with Crippen molar-refractivity contribution < 1.29 is 0 Å². The third-order valence-corrected chi connectivity index (χ3v) is 3.10. The maximum Gasteiger partial charge on any atom is 0.132 e. The average Bonchev–Trinajstić information content (AvgIpc) is 2.39. The molecule has 0 aliphatic carbocycles. The quantitative estimate of drug-likeness (QED) is 0.764. The summed E-state index contributed by atoms with van der Waals surface area (Å²) in [5.41, 5.74) is 3.19. The van der Waals surface area contributed by atoms with E-state index in [2.05, 4.69) is 22.0 Å². The van der Waals surface area contributed by atoms with Gasteiger partial charge in [0.1, 0.15) is 5.82 Å². The maximum absolute atomic E-state index is 5.83. The highest BCUT2D eigenvalue weighted by molar-refractivity contribution is 6.17. The number of alkyl halides is 1. The Bertz CT molecular complexity index is 497. The van der Waals surface area contributed by atoms with Gasteiger partial charge in [-0.1, -0.05) is 24.3 Å². The number of pyridine rings is 1. The molecule has 0 atom stereocenters. The minimum Gasteiger partial charge on any atom is -0.329 e. The second-order valence-electron chi connectivity index (χ2n) is 3.94. The minimum atomic E-state index is 0.508. The normalized spacial score (nSPS) is 10.3. The van der Waals surface area contributed by atoms with Crippen molar-refractivity contribution in [1.82, 2.24) is 4.98 Å². The van der Waals surface area contributed by atoms with Gasteiger partial charge >= 0.3 is 0 Å². The van der Waals surface area contributed by atoms with E-state index in [0.29, 0.717) is 5.88 Å². The van der Waals surface area contributed by atoms with E-state index < -0.39 is 0 Å². The van der Waals surface area contributed by atoms with Crippen molar-refractivity contribution in [2.45, 2.75) is 12.8 Å². The predicted octanol–water partition coefficient (Wildman–Crippen LogP) is 3.90. The molecule has 0 saturated heterocycles. The van der Waals surface area contributed by atoms with Crippen molar-refractivity contribution in [2.75, 3.05) is 11.9 Å². The van der Waals surface area contributed by atoms with E-state index in [0.717, 1.165) is 22.8 Å². The molecule has 0 amide bonds. The molecule has 0 aliphatic rings. The first-order valence-corrected chi connectivity index (χ1v) is 6.07. The highest BCUT2D eigenvalue weighted by Gasteiger charge is 2.06. The molecular weight excluding hydrogens is 232 g/mol. The molecule has 2 nitrogen and oxygen atoms in total. The molecule has 0 aliphatic heterocycles. The first kappa shape index (κ1) is 11.9. The van der Waals surface area contributed by atoms with Crippen LogP contribution in [-0.2, 0) is 5.88 Å². The summed E-state index contributed by atoms with van der Waals surface area (Å²) in [6.45, 7) is 1.99. The molecule has 2 aromatic rings. The second kappa shape index (κ2) is 5.19. The molecule has 1 heterocycles. The molecule has 1 aromatic carbocycles. The van der Waals surface area contributed by atoms with Gasteiger partial charge in [-0.15, -0.1) is 11.6 Å². The van der Waals surface area contributed by atoms with E-state index in [1.165, 1.54) is 0 Å². The monoisotopic (exact) mass is 246 g/mol. The second-order valence-corrected chi connectivity index (χ2v) is 4.21. The molecule has 0 bridgehead atoms. The largest absolute Gasteiger partial charge is 0.329 e. The van der Waals surface area contributed by atoms with Gasteiger partial charge in [0.05, 0.1) is 0 Å². The number of aromatic nitrogens is 1. The highest BCUT2D eigenvalue weighted by Crippen LogP contribution is 2.22. The number of halogens is 1. The van der Waals surface area contributed by atoms with Crippen LogP contribution in [-0.4, -0.2) is 12.0 Å². The van der Waals surface area contributed by atoms with Gasteiger partial charge in [0.2, 0.25) is 0 Å². The van der Waals surface area contributed by atoms with Gasteiger partial charge in [0.25, 0.3) is 0 Å². The van der Waals surface area contributed by atoms with Crippen LogP contribution in [0.3, 0.4) is 0 Å². The number of aryl methyl sites for hydroxylation is 1. The molecule has 2 rings (SSSR count). The third kappa shape index (κ3) is 2.59. The summed E-state index contributed by atoms with van der Waals surface area (Å²) < 4.78 is 0. The van der Waals surface area contributed by atoms with Crippen LogP contribution in [0.4, 0.5) is 11.5 Å². The zero-order valence-electron chi connectivity index (χ0n) is 10.0. The van der Waals surface area contributed by atoms with Gasteiger partial charge in [-0.05, 0) is 30.7 Å². The molecule has 0 spiro atoms. The van der Waals surface area contributed by atoms with E-state index >= 15 is 0 Å². The molecule has 0 fully saturated rings. The summed E-state index contributed by atoms with van der Waals surface area (Å²) >= 11 is 5.83. The molecular formula is C14H15ClN2. The zero-order valence-corrected chi connectivity index (χ0v) is 10.8. The summed E-state index contributed by atoms with van der Waals surface area (Å²) in [7, 11) is 2.01. The summed E-state index contributed by atoms with van der Waals surface area (Å²) in [5.74, 6) is 1.44. The predicted molar refractivity (Wildman–Crippen MR) is 73.0 cm³/mol.